The van der Waals surface area contributed by atoms with Gasteiger partial charge in [0.25, 0.3) is 0 Å². The lowest BCUT2D eigenvalue weighted by Gasteiger charge is -2.22. The van der Waals surface area contributed by atoms with Crippen LogP contribution in [0.4, 0.5) is 5.82 Å². The molecule has 1 aliphatic heterocycles. The normalized spacial score (nSPS) is 22.5. The van der Waals surface area contributed by atoms with Crippen LogP contribution in [-0.4, -0.2) is 54.6 Å². The second-order valence-corrected chi connectivity index (χ2v) is 6.81. The third kappa shape index (κ3) is 4.38. The number of rotatable bonds is 6. The Balaban J connectivity index is 1.98. The van der Waals surface area contributed by atoms with Crippen molar-refractivity contribution in [2.75, 3.05) is 38.6 Å². The Morgan fingerprint density at radius 1 is 1.33 bits per heavy atom. The van der Waals surface area contributed by atoms with Crippen LogP contribution in [-0.2, 0) is 6.54 Å². The summed E-state index contributed by atoms with van der Waals surface area (Å²) in [5.41, 5.74) is 1.02. The molecule has 5 nitrogen and oxygen atoms in total. The molecular formula is C16H29N5. The van der Waals surface area contributed by atoms with E-state index in [1.807, 2.05) is 12.4 Å². The third-order valence-electron chi connectivity index (χ3n) is 4.09. The number of likely N-dealkylation sites (N-methyl/N-ethyl adjacent to an activating group) is 1. The molecule has 0 aliphatic carbocycles. The molecule has 1 aromatic heterocycles. The molecule has 118 valence electrons. The van der Waals surface area contributed by atoms with Crippen LogP contribution < -0.4 is 10.2 Å². The average Bonchev–Trinajstić information content (AvgIpc) is 2.81. The molecule has 1 saturated heterocycles. The van der Waals surface area contributed by atoms with Crippen LogP contribution in [0.15, 0.2) is 12.4 Å². The van der Waals surface area contributed by atoms with Crippen molar-refractivity contribution in [1.29, 1.82) is 0 Å². The fourth-order valence-corrected chi connectivity index (χ4v) is 2.93. The molecule has 0 bridgehead atoms. The van der Waals surface area contributed by atoms with Crippen molar-refractivity contribution in [2.45, 2.75) is 33.4 Å². The second kappa shape index (κ2) is 7.18. The molecule has 1 aromatic rings. The van der Waals surface area contributed by atoms with Gasteiger partial charge < -0.3 is 15.1 Å². The molecule has 0 radical (unpaired) electrons. The Bertz CT molecular complexity index is 446. The van der Waals surface area contributed by atoms with Crippen LogP contribution in [0.25, 0.3) is 0 Å². The molecule has 0 spiro atoms. The van der Waals surface area contributed by atoms with Gasteiger partial charge in [-0.1, -0.05) is 20.8 Å². The van der Waals surface area contributed by atoms with Gasteiger partial charge in [-0.05, 0) is 32.5 Å². The van der Waals surface area contributed by atoms with E-state index in [1.54, 1.807) is 0 Å². The van der Waals surface area contributed by atoms with Gasteiger partial charge in [0, 0.05) is 31.9 Å². The van der Waals surface area contributed by atoms with E-state index in [4.69, 9.17) is 4.98 Å². The van der Waals surface area contributed by atoms with E-state index in [0.29, 0.717) is 17.9 Å². The van der Waals surface area contributed by atoms with E-state index < -0.39 is 0 Å². The van der Waals surface area contributed by atoms with Crippen molar-refractivity contribution in [1.82, 2.24) is 20.2 Å². The fraction of sp³-hybridized carbons (Fsp3) is 0.750. The molecule has 2 heterocycles. The molecule has 2 unspecified atom stereocenters. The summed E-state index contributed by atoms with van der Waals surface area (Å²) in [4.78, 5) is 13.8. The van der Waals surface area contributed by atoms with Crippen LogP contribution in [0.1, 0.15) is 26.5 Å². The third-order valence-corrected chi connectivity index (χ3v) is 4.09. The van der Waals surface area contributed by atoms with E-state index in [0.717, 1.165) is 37.7 Å². The molecule has 0 saturated carbocycles. The summed E-state index contributed by atoms with van der Waals surface area (Å²) in [6, 6.07) is 0.592. The Kier molecular flexibility index (Phi) is 5.53. The van der Waals surface area contributed by atoms with Crippen molar-refractivity contribution in [3.63, 3.8) is 0 Å². The molecule has 21 heavy (non-hydrogen) atoms. The smallest absolute Gasteiger partial charge is 0.147 e. The summed E-state index contributed by atoms with van der Waals surface area (Å²) in [5, 5.41) is 3.43. The Morgan fingerprint density at radius 3 is 2.71 bits per heavy atom. The standard InChI is InChI=1S/C16H29N5/c1-12(2)6-17-7-14-8-18-9-16(19-14)21-10-13(3)15(11-21)20(4)5/h8-9,12-13,15,17H,6-7,10-11H2,1-5H3. The van der Waals surface area contributed by atoms with Crippen LogP contribution in [0.2, 0.25) is 0 Å². The first kappa shape index (κ1) is 16.2. The Labute approximate surface area is 128 Å². The first-order valence-corrected chi connectivity index (χ1v) is 7.90. The summed E-state index contributed by atoms with van der Waals surface area (Å²) in [7, 11) is 4.31. The van der Waals surface area contributed by atoms with Crippen LogP contribution in [0, 0.1) is 11.8 Å². The fourth-order valence-electron chi connectivity index (χ4n) is 2.93. The van der Waals surface area contributed by atoms with Gasteiger partial charge in [-0.2, -0.15) is 0 Å². The van der Waals surface area contributed by atoms with Gasteiger partial charge in [0.1, 0.15) is 5.82 Å². The average molecular weight is 291 g/mol. The maximum atomic E-state index is 4.76. The van der Waals surface area contributed by atoms with Crippen LogP contribution >= 0.6 is 0 Å². The van der Waals surface area contributed by atoms with E-state index in [2.05, 4.69) is 55.0 Å². The number of aromatic nitrogens is 2. The van der Waals surface area contributed by atoms with E-state index >= 15 is 0 Å². The number of nitrogens with zero attached hydrogens (tertiary/aromatic N) is 4. The highest BCUT2D eigenvalue weighted by molar-refractivity contribution is 5.38. The highest BCUT2D eigenvalue weighted by Crippen LogP contribution is 2.24. The Morgan fingerprint density at radius 2 is 2.10 bits per heavy atom. The van der Waals surface area contributed by atoms with Crippen molar-refractivity contribution in [3.05, 3.63) is 18.1 Å². The summed E-state index contributed by atoms with van der Waals surface area (Å²) < 4.78 is 0. The van der Waals surface area contributed by atoms with Gasteiger partial charge in [-0.3, -0.25) is 4.98 Å². The largest absolute Gasteiger partial charge is 0.353 e. The number of hydrogen-bond acceptors (Lipinski definition) is 5. The number of nitrogens with one attached hydrogen (secondary N) is 1. The topological polar surface area (TPSA) is 44.3 Å². The SMILES string of the molecule is CC(C)CNCc1cncc(N2CC(C)C(N(C)C)C2)n1. The van der Waals surface area contributed by atoms with Crippen LogP contribution in [0.3, 0.4) is 0 Å². The lowest BCUT2D eigenvalue weighted by molar-refractivity contribution is 0.266. The van der Waals surface area contributed by atoms with Crippen molar-refractivity contribution < 1.29 is 0 Å². The predicted molar refractivity (Wildman–Crippen MR) is 87.4 cm³/mol. The van der Waals surface area contributed by atoms with Gasteiger partial charge in [-0.25, -0.2) is 4.98 Å². The molecule has 1 fully saturated rings. The molecule has 1 aliphatic rings. The molecule has 0 amide bonds. The zero-order valence-electron chi connectivity index (χ0n) is 14.0. The molecule has 2 rings (SSSR count). The monoisotopic (exact) mass is 291 g/mol. The summed E-state index contributed by atoms with van der Waals surface area (Å²) in [5.74, 6) is 2.32. The molecule has 0 aromatic carbocycles. The van der Waals surface area contributed by atoms with E-state index in [1.165, 1.54) is 0 Å². The van der Waals surface area contributed by atoms with Gasteiger partial charge in [0.05, 0.1) is 11.9 Å². The summed E-state index contributed by atoms with van der Waals surface area (Å²) in [6.07, 6.45) is 3.75. The van der Waals surface area contributed by atoms with E-state index in [-0.39, 0.29) is 0 Å². The number of anilines is 1. The van der Waals surface area contributed by atoms with Crippen LogP contribution in [0.5, 0.6) is 0 Å². The first-order chi connectivity index (χ1) is 9.97. The molecule has 5 heteroatoms. The van der Waals surface area contributed by atoms with Gasteiger partial charge >= 0.3 is 0 Å². The highest BCUT2D eigenvalue weighted by atomic mass is 15.3. The predicted octanol–water partition coefficient (Wildman–Crippen LogP) is 1.61. The summed E-state index contributed by atoms with van der Waals surface area (Å²) >= 11 is 0. The molecule has 1 N–H and O–H groups in total. The van der Waals surface area contributed by atoms with Gasteiger partial charge in [0.2, 0.25) is 0 Å². The minimum atomic E-state index is 0.592. The minimum Gasteiger partial charge on any atom is -0.353 e. The molecule has 2 atom stereocenters. The van der Waals surface area contributed by atoms with Gasteiger partial charge in [-0.15, -0.1) is 0 Å². The zero-order valence-corrected chi connectivity index (χ0v) is 14.0. The quantitative estimate of drug-likeness (QED) is 0.862. The first-order valence-electron chi connectivity index (χ1n) is 7.90. The molecular weight excluding hydrogens is 262 g/mol. The highest BCUT2D eigenvalue weighted by Gasteiger charge is 2.31. The van der Waals surface area contributed by atoms with Crippen molar-refractivity contribution >= 4 is 5.82 Å². The number of hydrogen-bond donors (Lipinski definition) is 1. The second-order valence-electron chi connectivity index (χ2n) is 6.81. The van der Waals surface area contributed by atoms with E-state index in [9.17, 15) is 0 Å². The van der Waals surface area contributed by atoms with Crippen molar-refractivity contribution in [3.8, 4) is 0 Å². The summed E-state index contributed by atoms with van der Waals surface area (Å²) in [6.45, 7) is 10.6. The lowest BCUT2D eigenvalue weighted by atomic mass is 10.1. The van der Waals surface area contributed by atoms with Crippen molar-refractivity contribution in [2.24, 2.45) is 11.8 Å². The lowest BCUT2D eigenvalue weighted by Crippen LogP contribution is -2.34. The maximum absolute atomic E-state index is 4.76. The minimum absolute atomic E-state index is 0.592. The zero-order chi connectivity index (χ0) is 15.4. The Hall–Kier alpha value is -1.20. The van der Waals surface area contributed by atoms with Gasteiger partial charge in [0.15, 0.2) is 0 Å². The maximum Gasteiger partial charge on any atom is 0.147 e.